The topological polar surface area (TPSA) is 134 Å². The van der Waals surface area contributed by atoms with Gasteiger partial charge in [-0.2, -0.15) is 0 Å². The maximum atomic E-state index is 12.5. The Morgan fingerprint density at radius 1 is 0.588 bits per heavy atom. The number of carbonyl (C=O) groups is 2. The maximum absolute atomic E-state index is 12.5. The Morgan fingerprint density at radius 2 is 1.06 bits per heavy atom. The highest BCUT2D eigenvalue weighted by Crippen LogP contribution is 2.43. The summed E-state index contributed by atoms with van der Waals surface area (Å²) >= 11 is 0. The Labute approximate surface area is 310 Å². The van der Waals surface area contributed by atoms with Gasteiger partial charge in [0.05, 0.1) is 13.2 Å². The summed E-state index contributed by atoms with van der Waals surface area (Å²) < 4.78 is 32.6. The fourth-order valence-corrected chi connectivity index (χ4v) is 5.73. The number of phosphoric acid groups is 1. The summed E-state index contributed by atoms with van der Waals surface area (Å²) in [4.78, 5) is 34.7. The summed E-state index contributed by atoms with van der Waals surface area (Å²) in [7, 11) is -4.39. The molecule has 0 aromatic heterocycles. The third-order valence-corrected chi connectivity index (χ3v) is 8.90. The normalized spacial score (nSPS) is 14.0. The summed E-state index contributed by atoms with van der Waals surface area (Å²) in [5, 5.41) is 0. The van der Waals surface area contributed by atoms with E-state index in [-0.39, 0.29) is 32.6 Å². The van der Waals surface area contributed by atoms with Crippen molar-refractivity contribution in [1.82, 2.24) is 0 Å². The molecule has 2 atom stereocenters. The van der Waals surface area contributed by atoms with Crippen molar-refractivity contribution in [1.29, 1.82) is 0 Å². The molecule has 0 aliphatic carbocycles. The van der Waals surface area contributed by atoms with Crippen LogP contribution < -0.4 is 5.73 Å². The zero-order chi connectivity index (χ0) is 37.5. The first-order chi connectivity index (χ1) is 24.8. The Bertz CT molecular complexity index is 1020. The largest absolute Gasteiger partial charge is 0.472 e. The van der Waals surface area contributed by atoms with E-state index in [0.29, 0.717) is 12.8 Å². The van der Waals surface area contributed by atoms with Crippen LogP contribution in [-0.4, -0.2) is 49.3 Å². The molecule has 3 N–H and O–H groups in total. The summed E-state index contributed by atoms with van der Waals surface area (Å²) in [6, 6.07) is 0. The van der Waals surface area contributed by atoms with Gasteiger partial charge in [0.25, 0.3) is 0 Å². The van der Waals surface area contributed by atoms with Crippen molar-refractivity contribution in [2.45, 2.75) is 161 Å². The lowest BCUT2D eigenvalue weighted by atomic mass is 10.1. The molecule has 0 saturated heterocycles. The molecular formula is C41H72NO8P. The SMILES string of the molecule is CCCCC/C=C\C/C=C\C/C=C\C/C=C\C/C=C\CCC(=O)OC[C@H](COP(=O)(O)OCCN)OC(=O)CCCCCCCCCCCCC. The fraction of sp³-hybridized carbons (Fsp3) is 0.707. The molecule has 0 amide bonds. The Hall–Kier alpha value is -2.29. The summed E-state index contributed by atoms with van der Waals surface area (Å²) in [6.45, 7) is 3.59. The predicted molar refractivity (Wildman–Crippen MR) is 210 cm³/mol. The van der Waals surface area contributed by atoms with Gasteiger partial charge in [0, 0.05) is 19.4 Å². The van der Waals surface area contributed by atoms with Crippen molar-refractivity contribution in [3.8, 4) is 0 Å². The molecule has 0 radical (unpaired) electrons. The van der Waals surface area contributed by atoms with E-state index in [2.05, 4.69) is 62.5 Å². The number of unbranched alkanes of at least 4 members (excludes halogenated alkanes) is 13. The highest BCUT2D eigenvalue weighted by Gasteiger charge is 2.25. The molecule has 0 bridgehead atoms. The van der Waals surface area contributed by atoms with Gasteiger partial charge in [-0.3, -0.25) is 18.6 Å². The number of nitrogens with two attached hydrogens (primary N) is 1. The zero-order valence-corrected chi connectivity index (χ0v) is 33.0. The predicted octanol–water partition coefficient (Wildman–Crippen LogP) is 10.9. The number of rotatable bonds is 36. The highest BCUT2D eigenvalue weighted by molar-refractivity contribution is 7.47. The molecule has 9 nitrogen and oxygen atoms in total. The van der Waals surface area contributed by atoms with E-state index >= 15 is 0 Å². The van der Waals surface area contributed by atoms with Crippen LogP contribution in [0.3, 0.4) is 0 Å². The van der Waals surface area contributed by atoms with Crippen LogP contribution >= 0.6 is 7.82 Å². The Balaban J connectivity index is 4.32. The van der Waals surface area contributed by atoms with E-state index in [4.69, 9.17) is 24.3 Å². The highest BCUT2D eigenvalue weighted by atomic mass is 31.2. The smallest absolute Gasteiger partial charge is 0.462 e. The van der Waals surface area contributed by atoms with Crippen LogP contribution in [0.15, 0.2) is 60.8 Å². The molecule has 51 heavy (non-hydrogen) atoms. The maximum Gasteiger partial charge on any atom is 0.472 e. The van der Waals surface area contributed by atoms with Crippen LogP contribution in [0.4, 0.5) is 0 Å². The minimum atomic E-state index is -4.39. The molecule has 0 aliphatic rings. The lowest BCUT2D eigenvalue weighted by Gasteiger charge is -2.19. The van der Waals surface area contributed by atoms with Gasteiger partial charge in [0.15, 0.2) is 6.10 Å². The van der Waals surface area contributed by atoms with Gasteiger partial charge < -0.3 is 20.1 Å². The van der Waals surface area contributed by atoms with E-state index in [1.807, 2.05) is 12.2 Å². The summed E-state index contributed by atoms with van der Waals surface area (Å²) in [6.07, 6.45) is 42.7. The molecule has 0 heterocycles. The molecule has 0 aromatic carbocycles. The average molecular weight is 738 g/mol. The molecule has 0 spiro atoms. The van der Waals surface area contributed by atoms with Crippen LogP contribution in [0, 0.1) is 0 Å². The first-order valence-electron chi connectivity index (χ1n) is 19.8. The van der Waals surface area contributed by atoms with Gasteiger partial charge in [0.2, 0.25) is 0 Å². The Morgan fingerprint density at radius 3 is 1.59 bits per heavy atom. The Kier molecular flexibility index (Phi) is 35.8. The number of ether oxygens (including phenoxy) is 2. The second-order valence-electron chi connectivity index (χ2n) is 12.8. The molecule has 0 saturated carbocycles. The lowest BCUT2D eigenvalue weighted by Crippen LogP contribution is -2.29. The van der Waals surface area contributed by atoms with Gasteiger partial charge in [-0.15, -0.1) is 0 Å². The number of hydrogen-bond donors (Lipinski definition) is 2. The minimum Gasteiger partial charge on any atom is -0.462 e. The van der Waals surface area contributed by atoms with E-state index < -0.39 is 32.5 Å². The fourth-order valence-electron chi connectivity index (χ4n) is 4.97. The number of esters is 2. The van der Waals surface area contributed by atoms with Gasteiger partial charge >= 0.3 is 19.8 Å². The zero-order valence-electron chi connectivity index (χ0n) is 32.1. The molecule has 0 aliphatic heterocycles. The van der Waals surface area contributed by atoms with Crippen LogP contribution in [0.25, 0.3) is 0 Å². The third kappa shape index (κ3) is 37.3. The van der Waals surface area contributed by atoms with Crippen molar-refractivity contribution in [2.24, 2.45) is 5.73 Å². The van der Waals surface area contributed by atoms with Gasteiger partial charge in [-0.1, -0.05) is 152 Å². The lowest BCUT2D eigenvalue weighted by molar-refractivity contribution is -0.161. The molecule has 0 fully saturated rings. The van der Waals surface area contributed by atoms with Crippen molar-refractivity contribution in [3.63, 3.8) is 0 Å². The third-order valence-electron chi connectivity index (χ3n) is 7.92. The van der Waals surface area contributed by atoms with Gasteiger partial charge in [0.1, 0.15) is 6.61 Å². The van der Waals surface area contributed by atoms with Crippen molar-refractivity contribution in [2.75, 3.05) is 26.4 Å². The van der Waals surface area contributed by atoms with Crippen LogP contribution in [0.1, 0.15) is 155 Å². The van der Waals surface area contributed by atoms with E-state index in [1.54, 1.807) is 0 Å². The van der Waals surface area contributed by atoms with Crippen molar-refractivity contribution < 1.29 is 37.6 Å². The van der Waals surface area contributed by atoms with E-state index in [0.717, 1.165) is 44.9 Å². The molecule has 10 heteroatoms. The number of carbonyl (C=O) groups excluding carboxylic acids is 2. The second-order valence-corrected chi connectivity index (χ2v) is 14.3. The molecule has 0 aromatic rings. The van der Waals surface area contributed by atoms with Crippen LogP contribution in [0.2, 0.25) is 0 Å². The van der Waals surface area contributed by atoms with E-state index in [1.165, 1.54) is 70.6 Å². The van der Waals surface area contributed by atoms with Crippen LogP contribution in [-0.2, 0) is 32.7 Å². The first-order valence-corrected chi connectivity index (χ1v) is 21.3. The van der Waals surface area contributed by atoms with Crippen molar-refractivity contribution >= 4 is 19.8 Å². The van der Waals surface area contributed by atoms with Crippen molar-refractivity contribution in [3.05, 3.63) is 60.8 Å². The second kappa shape index (κ2) is 37.5. The minimum absolute atomic E-state index is 0.0426. The molecule has 0 rings (SSSR count). The molecule has 1 unspecified atom stereocenters. The van der Waals surface area contributed by atoms with Gasteiger partial charge in [-0.05, 0) is 51.4 Å². The van der Waals surface area contributed by atoms with Gasteiger partial charge in [-0.25, -0.2) is 4.57 Å². The number of hydrogen-bond acceptors (Lipinski definition) is 8. The standard InChI is InChI=1S/C41H72NO8P/c1-3-5-7-9-11-13-15-16-17-18-19-20-21-22-24-25-27-29-31-33-40(43)47-37-39(38-49-51(45,46)48-36-35-42)50-41(44)34-32-30-28-26-23-14-12-10-8-6-4-2/h11,13,16-17,19-20,22,24,27,29,39H,3-10,12,14-15,18,21,23,25-26,28,30-38,42H2,1-2H3,(H,45,46)/b13-11-,17-16-,20-19-,24-22-,29-27-/t39-/m1/s1. The quantitative estimate of drug-likeness (QED) is 0.0279. The number of phosphoric ester groups is 1. The van der Waals surface area contributed by atoms with Crippen LogP contribution in [0.5, 0.6) is 0 Å². The molecular weight excluding hydrogens is 665 g/mol. The first kappa shape index (κ1) is 48.7. The average Bonchev–Trinajstić information content (AvgIpc) is 3.11. The number of allylic oxidation sites excluding steroid dienone is 10. The summed E-state index contributed by atoms with van der Waals surface area (Å²) in [5.41, 5.74) is 5.33. The van der Waals surface area contributed by atoms with E-state index in [9.17, 15) is 19.0 Å². The molecule has 294 valence electrons. The summed E-state index contributed by atoms with van der Waals surface area (Å²) in [5.74, 6) is -0.929. The monoisotopic (exact) mass is 737 g/mol.